The van der Waals surface area contributed by atoms with Crippen LogP contribution in [0.25, 0.3) is 22.3 Å². The summed E-state index contributed by atoms with van der Waals surface area (Å²) in [5, 5.41) is 4.23. The van der Waals surface area contributed by atoms with E-state index in [1.54, 1.807) is 0 Å². The Balaban J connectivity index is 1.75. The van der Waals surface area contributed by atoms with Gasteiger partial charge in [-0.05, 0) is 44.9 Å². The molecule has 3 heterocycles. The summed E-state index contributed by atoms with van der Waals surface area (Å²) in [6, 6.07) is 42.1. The number of hydrogen-bond acceptors (Lipinski definition) is 2. The standard InChI is InChI=1S/C29H20N2Si/c1-2-11-21(12-3-1)32-27-18-8-5-14-23(27)22-13-4-7-17-26(22)31(32)29-25(16-10-20-30-29)24-15-6-9-19-28(24)32/h1-20H. The average Bonchev–Trinajstić information content (AvgIpc) is 2.89. The zero-order chi connectivity index (χ0) is 21.1. The zero-order valence-corrected chi connectivity index (χ0v) is 18.4. The second-order valence-corrected chi connectivity index (χ2v) is 11.9. The second kappa shape index (κ2) is 6.52. The summed E-state index contributed by atoms with van der Waals surface area (Å²) in [4.78, 5) is 5.01. The third kappa shape index (κ3) is 2.11. The van der Waals surface area contributed by atoms with Gasteiger partial charge >= 0.3 is 0 Å². The van der Waals surface area contributed by atoms with Crippen LogP contribution in [0.5, 0.6) is 0 Å². The molecule has 150 valence electrons. The van der Waals surface area contributed by atoms with Crippen LogP contribution in [0.3, 0.4) is 0 Å². The van der Waals surface area contributed by atoms with Crippen molar-refractivity contribution in [1.29, 1.82) is 0 Å². The topological polar surface area (TPSA) is 16.1 Å². The van der Waals surface area contributed by atoms with Gasteiger partial charge in [-0.1, -0.05) is 97.1 Å². The normalized spacial score (nSPS) is 17.4. The van der Waals surface area contributed by atoms with Crippen molar-refractivity contribution >= 4 is 35.3 Å². The van der Waals surface area contributed by atoms with Gasteiger partial charge in [0.25, 0.3) is 8.24 Å². The highest BCUT2D eigenvalue weighted by Gasteiger charge is 2.55. The van der Waals surface area contributed by atoms with Gasteiger partial charge in [0.15, 0.2) is 0 Å². The molecule has 0 saturated carbocycles. The van der Waals surface area contributed by atoms with E-state index in [9.17, 15) is 0 Å². The molecule has 1 unspecified atom stereocenters. The van der Waals surface area contributed by atoms with Crippen molar-refractivity contribution in [3.63, 3.8) is 0 Å². The largest absolute Gasteiger partial charge is 0.340 e. The number of nitrogens with zero attached hydrogens (tertiary/aromatic N) is 2. The molecule has 1 atom stereocenters. The molecule has 0 N–H and O–H groups in total. The Kier molecular flexibility index (Phi) is 3.61. The molecule has 4 aromatic carbocycles. The van der Waals surface area contributed by atoms with Crippen LogP contribution in [0, 0.1) is 0 Å². The summed E-state index contributed by atoms with van der Waals surface area (Å²) in [6.45, 7) is 0. The Morgan fingerprint density at radius 1 is 0.500 bits per heavy atom. The van der Waals surface area contributed by atoms with Crippen LogP contribution < -0.4 is 20.1 Å². The molecule has 2 nitrogen and oxygen atoms in total. The highest BCUT2D eigenvalue weighted by atomic mass is 28.3. The van der Waals surface area contributed by atoms with E-state index in [-0.39, 0.29) is 0 Å². The Morgan fingerprint density at radius 3 is 1.81 bits per heavy atom. The van der Waals surface area contributed by atoms with Gasteiger partial charge in [-0.2, -0.15) is 0 Å². The van der Waals surface area contributed by atoms with E-state index in [4.69, 9.17) is 4.98 Å². The number of para-hydroxylation sites is 1. The molecule has 0 aliphatic carbocycles. The van der Waals surface area contributed by atoms with Crippen LogP contribution in [0.4, 0.5) is 11.5 Å². The maximum absolute atomic E-state index is 5.01. The van der Waals surface area contributed by atoms with Crippen molar-refractivity contribution in [2.24, 2.45) is 0 Å². The van der Waals surface area contributed by atoms with Crippen LogP contribution in [0.15, 0.2) is 121 Å². The highest BCUT2D eigenvalue weighted by molar-refractivity contribution is 7.16. The van der Waals surface area contributed by atoms with Crippen molar-refractivity contribution in [3.05, 3.63) is 121 Å². The van der Waals surface area contributed by atoms with Gasteiger partial charge in [0, 0.05) is 23.0 Å². The summed E-state index contributed by atoms with van der Waals surface area (Å²) < 4.78 is 2.61. The first-order valence-corrected chi connectivity index (χ1v) is 12.9. The minimum absolute atomic E-state index is 1.06. The molecule has 2 aliphatic heterocycles. The van der Waals surface area contributed by atoms with Crippen molar-refractivity contribution in [2.45, 2.75) is 0 Å². The van der Waals surface area contributed by atoms with Crippen LogP contribution in [0.1, 0.15) is 0 Å². The van der Waals surface area contributed by atoms with Crippen molar-refractivity contribution in [3.8, 4) is 22.3 Å². The second-order valence-electron chi connectivity index (χ2n) is 8.39. The fourth-order valence-electron chi connectivity index (χ4n) is 5.71. The van der Waals surface area contributed by atoms with E-state index >= 15 is 0 Å². The van der Waals surface area contributed by atoms with Crippen molar-refractivity contribution in [1.82, 2.24) is 4.98 Å². The predicted molar refractivity (Wildman–Crippen MR) is 135 cm³/mol. The average molecular weight is 425 g/mol. The molecular weight excluding hydrogens is 404 g/mol. The van der Waals surface area contributed by atoms with Gasteiger partial charge in [0.1, 0.15) is 5.82 Å². The first-order chi connectivity index (χ1) is 15.9. The summed E-state index contributed by atoms with van der Waals surface area (Å²) >= 11 is 0. The van der Waals surface area contributed by atoms with Gasteiger partial charge in [-0.3, -0.25) is 0 Å². The molecule has 32 heavy (non-hydrogen) atoms. The molecule has 5 aromatic rings. The van der Waals surface area contributed by atoms with E-state index in [1.807, 2.05) is 6.20 Å². The first-order valence-electron chi connectivity index (χ1n) is 11.0. The Hall–Kier alpha value is -3.95. The molecule has 0 spiro atoms. The van der Waals surface area contributed by atoms with Crippen LogP contribution in [-0.2, 0) is 0 Å². The minimum atomic E-state index is -2.65. The van der Waals surface area contributed by atoms with Crippen LogP contribution >= 0.6 is 0 Å². The molecule has 0 bridgehead atoms. The lowest BCUT2D eigenvalue weighted by molar-refractivity contribution is 1.21. The summed E-state index contributed by atoms with van der Waals surface area (Å²) in [7, 11) is -2.65. The molecule has 0 radical (unpaired) electrons. The first kappa shape index (κ1) is 17.7. The third-order valence-corrected chi connectivity index (χ3v) is 11.6. The predicted octanol–water partition coefficient (Wildman–Crippen LogP) is 4.85. The number of rotatable bonds is 1. The molecule has 0 fully saturated rings. The van der Waals surface area contributed by atoms with Crippen LogP contribution in [0.2, 0.25) is 0 Å². The third-order valence-electron chi connectivity index (χ3n) is 6.88. The van der Waals surface area contributed by atoms with Gasteiger partial charge in [0.2, 0.25) is 0 Å². The number of hydrogen-bond donors (Lipinski definition) is 0. The number of benzene rings is 4. The minimum Gasteiger partial charge on any atom is -0.340 e. The molecule has 3 heteroatoms. The Bertz CT molecular complexity index is 1400. The maximum atomic E-state index is 5.01. The number of anilines is 2. The molecule has 7 rings (SSSR count). The molecule has 0 amide bonds. The maximum Gasteiger partial charge on any atom is 0.260 e. The SMILES string of the molecule is c1ccc([Si]23c4ccccc4-c4ccccc4N2c2ncccc2-c2ccccc23)cc1. The fraction of sp³-hybridized carbons (Fsp3) is 0. The van der Waals surface area contributed by atoms with E-state index in [2.05, 4.69) is 120 Å². The smallest absolute Gasteiger partial charge is 0.260 e. The zero-order valence-electron chi connectivity index (χ0n) is 17.4. The lowest BCUT2D eigenvalue weighted by Gasteiger charge is -2.51. The van der Waals surface area contributed by atoms with Crippen molar-refractivity contribution < 1.29 is 0 Å². The number of pyridine rings is 1. The van der Waals surface area contributed by atoms with Gasteiger partial charge < -0.3 is 4.57 Å². The Morgan fingerprint density at radius 2 is 1.06 bits per heavy atom. The summed E-state index contributed by atoms with van der Waals surface area (Å²) in [6.07, 6.45) is 1.93. The lowest BCUT2D eigenvalue weighted by atomic mass is 10.0. The lowest BCUT2D eigenvalue weighted by Crippen LogP contribution is -2.79. The van der Waals surface area contributed by atoms with E-state index in [1.165, 1.54) is 43.5 Å². The van der Waals surface area contributed by atoms with E-state index in [0.717, 1.165) is 5.82 Å². The van der Waals surface area contributed by atoms with Gasteiger partial charge in [-0.25, -0.2) is 4.98 Å². The van der Waals surface area contributed by atoms with Gasteiger partial charge in [-0.15, -0.1) is 0 Å². The number of fused-ring (bicyclic) bond motifs is 11. The Labute approximate surface area is 188 Å². The quantitative estimate of drug-likeness (QED) is 0.358. The summed E-state index contributed by atoms with van der Waals surface area (Å²) in [5.74, 6) is 1.06. The van der Waals surface area contributed by atoms with Crippen LogP contribution in [-0.4, -0.2) is 13.2 Å². The van der Waals surface area contributed by atoms with Gasteiger partial charge in [0.05, 0.1) is 0 Å². The molecule has 1 aromatic heterocycles. The molecular formula is C29H20N2Si. The number of aromatic nitrogens is 1. The summed E-state index contributed by atoms with van der Waals surface area (Å²) in [5.41, 5.74) is 6.37. The van der Waals surface area contributed by atoms with E-state index < -0.39 is 8.24 Å². The molecule has 0 saturated heterocycles. The molecule has 2 aliphatic rings. The fourth-order valence-corrected chi connectivity index (χ4v) is 11.0. The highest BCUT2D eigenvalue weighted by Crippen LogP contribution is 2.47. The van der Waals surface area contributed by atoms with E-state index in [0.29, 0.717) is 0 Å². The van der Waals surface area contributed by atoms with Crippen molar-refractivity contribution in [2.75, 3.05) is 4.57 Å². The monoisotopic (exact) mass is 424 g/mol.